The third kappa shape index (κ3) is 1.79. The first-order valence-electron chi connectivity index (χ1n) is 3.01. The van der Waals surface area contributed by atoms with Crippen LogP contribution in [0.15, 0.2) is 0 Å². The molecule has 0 saturated heterocycles. The maximum absolute atomic E-state index is 8.67. The van der Waals surface area contributed by atoms with Crippen molar-refractivity contribution in [2.75, 3.05) is 26.9 Å². The van der Waals surface area contributed by atoms with Gasteiger partial charge in [0.05, 0.1) is 0 Å². The Morgan fingerprint density at radius 3 is 1.90 bits per heavy atom. The molecule has 0 aromatic rings. The van der Waals surface area contributed by atoms with E-state index in [1.165, 1.54) is 0 Å². The molecule has 0 bridgehead atoms. The van der Waals surface area contributed by atoms with Crippen LogP contribution in [0, 0.1) is 11.2 Å². The first-order valence-corrected chi connectivity index (χ1v) is 3.98. The summed E-state index contributed by atoms with van der Waals surface area (Å²) in [5.74, 6) is 2.23. The van der Waals surface area contributed by atoms with Crippen molar-refractivity contribution in [1.82, 2.24) is 0 Å². The summed E-state index contributed by atoms with van der Waals surface area (Å²) in [7, 11) is 5.58. The Kier molecular flexibility index (Phi) is 3.03. The summed E-state index contributed by atoms with van der Waals surface area (Å²) in [5.41, 5.74) is -1.64. The maximum atomic E-state index is 8.67. The molecule has 0 aromatic heterocycles. The highest BCUT2D eigenvalue weighted by Crippen LogP contribution is 2.18. The molecule has 0 aliphatic carbocycles. The SMILES string of the molecule is C[N+](C)(C)[B-](Cl)(C#N)CCl. The second kappa shape index (κ2) is 3.00. The van der Waals surface area contributed by atoms with Crippen LogP contribution >= 0.6 is 23.1 Å². The van der Waals surface area contributed by atoms with Crippen LogP contribution in [0.1, 0.15) is 0 Å². The maximum Gasteiger partial charge on any atom is 0.400 e. The van der Waals surface area contributed by atoms with E-state index < -0.39 is 5.70 Å². The van der Waals surface area contributed by atoms with Gasteiger partial charge in [0, 0.05) is 21.1 Å². The van der Waals surface area contributed by atoms with Crippen molar-refractivity contribution < 1.29 is 4.39 Å². The van der Waals surface area contributed by atoms with Crippen molar-refractivity contribution >= 4 is 28.8 Å². The molecular weight excluding hydrogens is 170 g/mol. The molecule has 0 heterocycles. The van der Waals surface area contributed by atoms with E-state index in [4.69, 9.17) is 28.3 Å². The fourth-order valence-electron chi connectivity index (χ4n) is 0.415. The van der Waals surface area contributed by atoms with Crippen LogP contribution in [0.3, 0.4) is 0 Å². The Labute approximate surface area is 71.8 Å². The quantitative estimate of drug-likeness (QED) is 0.463. The number of rotatable bonds is 2. The van der Waals surface area contributed by atoms with E-state index >= 15 is 0 Å². The molecule has 0 aromatic carbocycles. The molecule has 10 heavy (non-hydrogen) atoms. The fourth-order valence-corrected chi connectivity index (χ4v) is 0.898. The number of halogens is 2. The molecule has 58 valence electrons. The van der Waals surface area contributed by atoms with Crippen LogP contribution in [0.4, 0.5) is 0 Å². The molecular formula is C5H11BCl2N2. The van der Waals surface area contributed by atoms with Gasteiger partial charge in [-0.2, -0.15) is 11.6 Å². The van der Waals surface area contributed by atoms with E-state index in [0.29, 0.717) is 4.39 Å². The molecule has 0 rings (SSSR count). The van der Waals surface area contributed by atoms with E-state index in [-0.39, 0.29) is 5.78 Å². The highest BCUT2D eigenvalue weighted by Gasteiger charge is 2.36. The van der Waals surface area contributed by atoms with Crippen LogP contribution in [0.2, 0.25) is 0 Å². The van der Waals surface area contributed by atoms with E-state index in [2.05, 4.69) is 0 Å². The zero-order valence-corrected chi connectivity index (χ0v) is 7.95. The third-order valence-electron chi connectivity index (χ3n) is 1.63. The van der Waals surface area contributed by atoms with Gasteiger partial charge in [-0.05, 0) is 5.78 Å². The predicted molar refractivity (Wildman–Crippen MR) is 46.0 cm³/mol. The van der Waals surface area contributed by atoms with Gasteiger partial charge in [0.15, 0.2) is 0 Å². The molecule has 0 amide bonds. The lowest BCUT2D eigenvalue weighted by atomic mass is 9.61. The minimum Gasteiger partial charge on any atom is -0.497 e. The number of hydrogen-bond acceptors (Lipinski definition) is 1. The summed E-state index contributed by atoms with van der Waals surface area (Å²) in [6, 6.07) is 0. The van der Waals surface area contributed by atoms with Gasteiger partial charge >= 0.3 is 5.70 Å². The topological polar surface area (TPSA) is 23.8 Å². The zero-order valence-electron chi connectivity index (χ0n) is 6.43. The van der Waals surface area contributed by atoms with Crippen molar-refractivity contribution in [3.8, 4) is 5.97 Å². The minimum atomic E-state index is -1.64. The van der Waals surface area contributed by atoms with Crippen LogP contribution in [-0.2, 0) is 0 Å². The molecule has 0 aliphatic rings. The Morgan fingerprint density at radius 1 is 1.50 bits per heavy atom. The molecule has 0 fully saturated rings. The summed E-state index contributed by atoms with van der Waals surface area (Å²) in [4.78, 5) is 0. The average molecular weight is 181 g/mol. The van der Waals surface area contributed by atoms with Crippen LogP contribution in [0.5, 0.6) is 0 Å². The zero-order chi connectivity index (χ0) is 8.41. The van der Waals surface area contributed by atoms with Gasteiger partial charge in [-0.3, -0.25) is 11.5 Å². The number of nitrogens with zero attached hydrogens (tertiary/aromatic N) is 2. The Hall–Kier alpha value is 0.0949. The third-order valence-corrected chi connectivity index (χ3v) is 3.07. The Balaban J connectivity index is 4.54. The normalized spacial score (nSPS) is 17.6. The van der Waals surface area contributed by atoms with Crippen molar-refractivity contribution in [1.29, 1.82) is 5.26 Å². The molecule has 0 N–H and O–H groups in total. The van der Waals surface area contributed by atoms with Gasteiger partial charge in [0.2, 0.25) is 0 Å². The van der Waals surface area contributed by atoms with Gasteiger partial charge in [0.25, 0.3) is 0 Å². The minimum absolute atomic E-state index is 0.196. The highest BCUT2D eigenvalue weighted by molar-refractivity contribution is 7.22. The molecule has 0 aliphatic heterocycles. The molecule has 0 saturated carbocycles. The number of quaternary nitrogens is 1. The van der Waals surface area contributed by atoms with E-state index in [1.54, 1.807) is 0 Å². The van der Waals surface area contributed by atoms with Crippen LogP contribution < -0.4 is 0 Å². The average Bonchev–Trinajstić information content (AvgIpc) is 1.84. The van der Waals surface area contributed by atoms with E-state index in [9.17, 15) is 0 Å². The van der Waals surface area contributed by atoms with Crippen molar-refractivity contribution in [2.24, 2.45) is 0 Å². The molecule has 1 unspecified atom stereocenters. The molecule has 0 radical (unpaired) electrons. The lowest BCUT2D eigenvalue weighted by Gasteiger charge is -2.43. The van der Waals surface area contributed by atoms with Gasteiger partial charge < -0.3 is 4.39 Å². The van der Waals surface area contributed by atoms with E-state index in [0.717, 1.165) is 0 Å². The lowest BCUT2D eigenvalue weighted by molar-refractivity contribution is -0.763. The van der Waals surface area contributed by atoms with Crippen LogP contribution in [-0.4, -0.2) is 37.0 Å². The van der Waals surface area contributed by atoms with Crippen molar-refractivity contribution in [3.05, 3.63) is 0 Å². The molecule has 1 atom stereocenters. The van der Waals surface area contributed by atoms with E-state index in [1.807, 2.05) is 27.1 Å². The first-order chi connectivity index (χ1) is 4.37. The lowest BCUT2D eigenvalue weighted by Crippen LogP contribution is -2.58. The monoisotopic (exact) mass is 180 g/mol. The summed E-state index contributed by atoms with van der Waals surface area (Å²) in [6.45, 7) is 0. The second-order valence-electron chi connectivity index (χ2n) is 3.28. The fraction of sp³-hybridized carbons (Fsp3) is 0.800. The van der Waals surface area contributed by atoms with Crippen LogP contribution in [0.25, 0.3) is 0 Å². The van der Waals surface area contributed by atoms with Gasteiger partial charge in [-0.15, -0.1) is 0 Å². The Bertz CT molecular complexity index is 160. The van der Waals surface area contributed by atoms with Gasteiger partial charge in [0.1, 0.15) is 0 Å². The Morgan fingerprint density at radius 2 is 1.90 bits per heavy atom. The summed E-state index contributed by atoms with van der Waals surface area (Å²) in [6.07, 6.45) is 0. The predicted octanol–water partition coefficient (Wildman–Crippen LogP) is 1.21. The number of nitriles is 1. The molecule has 2 nitrogen and oxygen atoms in total. The largest absolute Gasteiger partial charge is 0.497 e. The smallest absolute Gasteiger partial charge is 0.400 e. The summed E-state index contributed by atoms with van der Waals surface area (Å²) in [5, 5.41) is 8.67. The highest BCUT2D eigenvalue weighted by atomic mass is 35.5. The second-order valence-corrected chi connectivity index (χ2v) is 4.31. The molecule has 0 spiro atoms. The molecule has 5 heteroatoms. The summed E-state index contributed by atoms with van der Waals surface area (Å²) < 4.78 is 0.404. The number of hydrogen-bond donors (Lipinski definition) is 0. The van der Waals surface area contributed by atoms with Gasteiger partial charge in [-0.25, -0.2) is 5.26 Å². The van der Waals surface area contributed by atoms with Gasteiger partial charge in [-0.1, -0.05) is 5.97 Å². The first kappa shape index (κ1) is 10.1. The van der Waals surface area contributed by atoms with Crippen molar-refractivity contribution in [2.45, 2.75) is 0 Å². The number of alkyl halides is 1. The van der Waals surface area contributed by atoms with Crippen molar-refractivity contribution in [3.63, 3.8) is 0 Å². The standard InChI is InChI=1S/C5H11BCl2N2/c1-10(2,3)6(8,4-7)5-9/h4H2,1-3H3. The summed E-state index contributed by atoms with van der Waals surface area (Å²) >= 11 is 11.5.